The van der Waals surface area contributed by atoms with Crippen LogP contribution >= 0.6 is 23.2 Å². The Labute approximate surface area is 186 Å². The maximum absolute atomic E-state index is 13.0. The topological polar surface area (TPSA) is 65.2 Å². The second-order valence-electron chi connectivity index (χ2n) is 6.82. The molecule has 10 heteroatoms. The average Bonchev–Trinajstić information content (AvgIpc) is 3.14. The molecule has 0 aliphatic carbocycles. The van der Waals surface area contributed by atoms with Crippen LogP contribution in [0, 0.1) is 0 Å². The summed E-state index contributed by atoms with van der Waals surface area (Å²) in [6.45, 7) is -0.388. The van der Waals surface area contributed by atoms with Crippen LogP contribution in [0.4, 0.5) is 18.0 Å². The number of benzene rings is 2. The third-order valence-electron chi connectivity index (χ3n) is 4.82. The number of carbonyl (C=O) groups is 2. The molecule has 3 amide bonds. The number of fused-ring (bicyclic) bond motifs is 1. The Bertz CT molecular complexity index is 1130. The number of para-hydroxylation sites is 1. The second kappa shape index (κ2) is 9.20. The van der Waals surface area contributed by atoms with Crippen molar-refractivity contribution in [2.75, 3.05) is 7.05 Å². The molecule has 164 valence electrons. The van der Waals surface area contributed by atoms with Gasteiger partial charge in [0.1, 0.15) is 0 Å². The summed E-state index contributed by atoms with van der Waals surface area (Å²) in [6.07, 6.45) is -2.57. The summed E-state index contributed by atoms with van der Waals surface area (Å²) < 4.78 is 39.1. The molecule has 2 aromatic carbocycles. The standard InChI is InChI=1S/C21H18Cl2F3N3O2/c1-27-20(31)29(11-13-9-14(21(24,25)26)6-7-16(13)22)18(30)8-5-12-10-28-19-15(12)3-2-4-17(19)23/h2-4,6-7,9-10,28H,5,8,11H2,1H3,(H,27,31). The molecule has 5 nitrogen and oxygen atoms in total. The van der Waals surface area contributed by atoms with Crippen molar-refractivity contribution in [1.82, 2.24) is 15.2 Å². The molecule has 31 heavy (non-hydrogen) atoms. The van der Waals surface area contributed by atoms with Gasteiger partial charge in [0, 0.05) is 30.1 Å². The number of hydrogen-bond donors (Lipinski definition) is 2. The van der Waals surface area contributed by atoms with Gasteiger partial charge in [-0.2, -0.15) is 13.2 Å². The molecule has 0 saturated carbocycles. The van der Waals surface area contributed by atoms with Gasteiger partial charge in [-0.05, 0) is 41.8 Å². The SMILES string of the molecule is CNC(=O)N(Cc1cc(C(F)(F)F)ccc1Cl)C(=O)CCc1c[nH]c2c(Cl)cccc12. The van der Waals surface area contributed by atoms with Gasteiger partial charge in [-0.25, -0.2) is 4.79 Å². The lowest BCUT2D eigenvalue weighted by Crippen LogP contribution is -2.42. The number of halogens is 5. The number of urea groups is 1. The zero-order valence-electron chi connectivity index (χ0n) is 16.3. The van der Waals surface area contributed by atoms with Crippen LogP contribution in [-0.2, 0) is 23.9 Å². The molecule has 0 aliphatic heterocycles. The number of alkyl halides is 3. The molecule has 1 aromatic heterocycles. The summed E-state index contributed by atoms with van der Waals surface area (Å²) >= 11 is 12.2. The Morgan fingerprint density at radius 1 is 1.10 bits per heavy atom. The molecular formula is C21H18Cl2F3N3O2. The van der Waals surface area contributed by atoms with Crippen molar-refractivity contribution in [1.29, 1.82) is 0 Å². The Balaban J connectivity index is 1.80. The van der Waals surface area contributed by atoms with Gasteiger partial charge in [-0.1, -0.05) is 35.3 Å². The maximum Gasteiger partial charge on any atom is 0.416 e. The summed E-state index contributed by atoms with van der Waals surface area (Å²) in [5, 5.41) is 3.76. The molecule has 3 aromatic rings. The average molecular weight is 472 g/mol. The molecule has 0 radical (unpaired) electrons. The lowest BCUT2D eigenvalue weighted by molar-refractivity contribution is -0.137. The van der Waals surface area contributed by atoms with E-state index in [2.05, 4.69) is 10.3 Å². The molecule has 1 heterocycles. The van der Waals surface area contributed by atoms with E-state index in [0.29, 0.717) is 11.4 Å². The number of aryl methyl sites for hydroxylation is 1. The number of nitrogens with zero attached hydrogens (tertiary/aromatic N) is 1. The maximum atomic E-state index is 13.0. The number of aromatic amines is 1. The minimum atomic E-state index is -4.57. The van der Waals surface area contributed by atoms with Gasteiger partial charge < -0.3 is 10.3 Å². The van der Waals surface area contributed by atoms with Gasteiger partial charge in [0.2, 0.25) is 5.91 Å². The predicted octanol–water partition coefficient (Wildman–Crippen LogP) is 5.79. The van der Waals surface area contributed by atoms with Crippen molar-refractivity contribution in [2.45, 2.75) is 25.6 Å². The van der Waals surface area contributed by atoms with E-state index < -0.39 is 23.7 Å². The van der Waals surface area contributed by atoms with Gasteiger partial charge in [0.25, 0.3) is 0 Å². The Morgan fingerprint density at radius 2 is 1.84 bits per heavy atom. The van der Waals surface area contributed by atoms with E-state index in [9.17, 15) is 22.8 Å². The fraction of sp³-hybridized carbons (Fsp3) is 0.238. The zero-order chi connectivity index (χ0) is 22.8. The summed E-state index contributed by atoms with van der Waals surface area (Å²) in [7, 11) is 1.33. The van der Waals surface area contributed by atoms with Gasteiger partial charge in [0.05, 0.1) is 22.6 Å². The van der Waals surface area contributed by atoms with E-state index in [1.807, 2.05) is 6.07 Å². The predicted molar refractivity (Wildman–Crippen MR) is 113 cm³/mol. The van der Waals surface area contributed by atoms with Crippen molar-refractivity contribution in [3.63, 3.8) is 0 Å². The lowest BCUT2D eigenvalue weighted by atomic mass is 10.1. The zero-order valence-corrected chi connectivity index (χ0v) is 17.8. The number of amides is 3. The smallest absolute Gasteiger partial charge is 0.360 e. The molecule has 0 unspecified atom stereocenters. The minimum Gasteiger partial charge on any atom is -0.360 e. The monoisotopic (exact) mass is 471 g/mol. The third kappa shape index (κ3) is 5.14. The highest BCUT2D eigenvalue weighted by molar-refractivity contribution is 6.35. The molecule has 3 rings (SSSR count). The van der Waals surface area contributed by atoms with Crippen LogP contribution in [0.15, 0.2) is 42.6 Å². The molecule has 0 atom stereocenters. The number of rotatable bonds is 5. The quantitative estimate of drug-likeness (QED) is 0.494. The highest BCUT2D eigenvalue weighted by atomic mass is 35.5. The minimum absolute atomic E-state index is 0.0207. The molecule has 0 aliphatic rings. The van der Waals surface area contributed by atoms with Crippen LogP contribution in [0.1, 0.15) is 23.1 Å². The van der Waals surface area contributed by atoms with Gasteiger partial charge in [0.15, 0.2) is 0 Å². The number of aromatic nitrogens is 1. The number of nitrogens with one attached hydrogen (secondary N) is 2. The van der Waals surface area contributed by atoms with Crippen molar-refractivity contribution in [2.24, 2.45) is 0 Å². The van der Waals surface area contributed by atoms with Gasteiger partial charge in [-0.3, -0.25) is 9.69 Å². The summed E-state index contributed by atoms with van der Waals surface area (Å²) in [6, 6.07) is 7.43. The molecule has 0 saturated heterocycles. The van der Waals surface area contributed by atoms with Crippen LogP contribution in [-0.4, -0.2) is 28.9 Å². The van der Waals surface area contributed by atoms with E-state index >= 15 is 0 Å². The summed E-state index contributed by atoms with van der Waals surface area (Å²) in [5.74, 6) is -0.552. The Morgan fingerprint density at radius 3 is 2.52 bits per heavy atom. The number of hydrogen-bond acceptors (Lipinski definition) is 2. The van der Waals surface area contributed by atoms with E-state index in [1.165, 1.54) is 7.05 Å². The second-order valence-corrected chi connectivity index (χ2v) is 7.63. The van der Waals surface area contributed by atoms with Crippen molar-refractivity contribution < 1.29 is 22.8 Å². The van der Waals surface area contributed by atoms with E-state index in [0.717, 1.165) is 39.6 Å². The number of carbonyl (C=O) groups excluding carboxylic acids is 2. The van der Waals surface area contributed by atoms with Crippen molar-refractivity contribution in [3.8, 4) is 0 Å². The van der Waals surface area contributed by atoms with E-state index in [1.54, 1.807) is 18.3 Å². The fourth-order valence-corrected chi connectivity index (χ4v) is 3.62. The van der Waals surface area contributed by atoms with Crippen molar-refractivity contribution in [3.05, 3.63) is 69.3 Å². The van der Waals surface area contributed by atoms with E-state index in [-0.39, 0.29) is 23.6 Å². The molecule has 0 bridgehead atoms. The normalized spacial score (nSPS) is 11.5. The fourth-order valence-electron chi connectivity index (χ4n) is 3.21. The van der Waals surface area contributed by atoms with Crippen LogP contribution < -0.4 is 5.32 Å². The van der Waals surface area contributed by atoms with Gasteiger partial charge in [-0.15, -0.1) is 0 Å². The first-order valence-electron chi connectivity index (χ1n) is 9.24. The van der Waals surface area contributed by atoms with Gasteiger partial charge >= 0.3 is 12.2 Å². The van der Waals surface area contributed by atoms with Crippen LogP contribution in [0.2, 0.25) is 10.0 Å². The molecule has 0 spiro atoms. The summed E-state index contributed by atoms with van der Waals surface area (Å²) in [5.41, 5.74) is 0.685. The third-order valence-corrected chi connectivity index (χ3v) is 5.50. The largest absolute Gasteiger partial charge is 0.416 e. The first-order chi connectivity index (χ1) is 14.6. The van der Waals surface area contributed by atoms with Crippen molar-refractivity contribution >= 4 is 46.0 Å². The molecule has 2 N–H and O–H groups in total. The Hall–Kier alpha value is -2.71. The number of H-pyrrole nitrogens is 1. The first-order valence-corrected chi connectivity index (χ1v) is 9.99. The molecule has 0 fully saturated rings. The summed E-state index contributed by atoms with van der Waals surface area (Å²) in [4.78, 5) is 29.0. The highest BCUT2D eigenvalue weighted by Gasteiger charge is 2.31. The van der Waals surface area contributed by atoms with Crippen LogP contribution in [0.5, 0.6) is 0 Å². The van der Waals surface area contributed by atoms with Crippen LogP contribution in [0.3, 0.4) is 0 Å². The first kappa shape index (κ1) is 23.0. The van der Waals surface area contributed by atoms with E-state index in [4.69, 9.17) is 23.2 Å². The lowest BCUT2D eigenvalue weighted by Gasteiger charge is -2.21. The Kier molecular flexibility index (Phi) is 6.81. The highest BCUT2D eigenvalue weighted by Crippen LogP contribution is 2.32. The van der Waals surface area contributed by atoms with Crippen LogP contribution in [0.25, 0.3) is 10.9 Å². The number of imide groups is 1. The molecular weight excluding hydrogens is 454 g/mol.